The summed E-state index contributed by atoms with van der Waals surface area (Å²) in [6.07, 6.45) is 2.98. The molecule has 0 atom stereocenters. The van der Waals surface area contributed by atoms with Gasteiger partial charge < -0.3 is 4.42 Å². The molecule has 0 bridgehead atoms. The first-order chi connectivity index (χ1) is 10.1. The Labute approximate surface area is 142 Å². The van der Waals surface area contributed by atoms with Crippen LogP contribution in [0, 0.1) is 0 Å². The lowest BCUT2D eigenvalue weighted by Crippen LogP contribution is -2.17. The van der Waals surface area contributed by atoms with E-state index in [2.05, 4.69) is 31.9 Å². The molecule has 3 rings (SSSR count). The molecule has 0 saturated heterocycles. The van der Waals surface area contributed by atoms with E-state index in [0.29, 0.717) is 30.7 Å². The highest BCUT2D eigenvalue weighted by Crippen LogP contribution is 2.37. The molecule has 0 radical (unpaired) electrons. The number of fused-ring (bicyclic) bond motifs is 1. The molecule has 0 aliphatic heterocycles. The largest absolute Gasteiger partial charge is 0.468 e. The van der Waals surface area contributed by atoms with Gasteiger partial charge in [0, 0.05) is 26.1 Å². The molecule has 1 aromatic carbocycles. The average molecular weight is 428 g/mol. The van der Waals surface area contributed by atoms with Crippen molar-refractivity contribution in [2.75, 3.05) is 0 Å². The summed E-state index contributed by atoms with van der Waals surface area (Å²) in [6.45, 7) is 0. The Bertz CT molecular complexity index is 763. The summed E-state index contributed by atoms with van der Waals surface area (Å²) in [5.41, 5.74) is 0.829. The van der Waals surface area contributed by atoms with Crippen LogP contribution in [-0.2, 0) is 5.75 Å². The maximum absolute atomic E-state index is 12.6. The number of furan rings is 1. The van der Waals surface area contributed by atoms with Gasteiger partial charge in [0.2, 0.25) is 5.78 Å². The second-order valence-corrected chi connectivity index (χ2v) is 7.08. The smallest absolute Gasteiger partial charge is 0.201 e. The fraction of sp³-hybridized carbons (Fsp3) is 0.0667. The number of ketones is 2. The van der Waals surface area contributed by atoms with Crippen LogP contribution in [0.15, 0.2) is 54.9 Å². The van der Waals surface area contributed by atoms with Gasteiger partial charge in [-0.15, -0.1) is 11.8 Å². The molecule has 1 heterocycles. The Morgan fingerprint density at radius 1 is 1.05 bits per heavy atom. The number of halogens is 2. The van der Waals surface area contributed by atoms with Gasteiger partial charge in [0.1, 0.15) is 5.76 Å². The standard InChI is InChI=1S/C15H8Br2O3S/c16-9-3-4-10(17)14-13(9)11(18)6-12(15(14)19)21-7-8-2-1-5-20-8/h1-6H,7H2. The van der Waals surface area contributed by atoms with Crippen molar-refractivity contribution in [2.45, 2.75) is 5.75 Å². The topological polar surface area (TPSA) is 47.3 Å². The van der Waals surface area contributed by atoms with Crippen LogP contribution >= 0.6 is 43.6 Å². The quantitative estimate of drug-likeness (QED) is 0.691. The first-order valence-corrected chi connectivity index (χ1v) is 8.59. The highest BCUT2D eigenvalue weighted by atomic mass is 79.9. The number of carbonyl (C=O) groups excluding carboxylic acids is 2. The fourth-order valence-corrected chi connectivity index (χ4v) is 3.97. The second-order valence-electron chi connectivity index (χ2n) is 4.35. The van der Waals surface area contributed by atoms with Gasteiger partial charge >= 0.3 is 0 Å². The average Bonchev–Trinajstić information content (AvgIpc) is 2.97. The molecule has 0 unspecified atom stereocenters. The molecule has 0 spiro atoms. The molecule has 21 heavy (non-hydrogen) atoms. The van der Waals surface area contributed by atoms with E-state index in [-0.39, 0.29) is 11.6 Å². The van der Waals surface area contributed by atoms with Crippen LogP contribution in [0.1, 0.15) is 26.5 Å². The number of benzene rings is 1. The summed E-state index contributed by atoms with van der Waals surface area (Å²) in [5.74, 6) is 0.966. The second kappa shape index (κ2) is 5.94. The third-order valence-corrected chi connectivity index (χ3v) is 5.38. The van der Waals surface area contributed by atoms with Crippen LogP contribution in [0.25, 0.3) is 0 Å². The minimum absolute atomic E-state index is 0.144. The zero-order valence-electron chi connectivity index (χ0n) is 10.6. The highest BCUT2D eigenvalue weighted by Gasteiger charge is 2.29. The predicted molar refractivity (Wildman–Crippen MR) is 88.6 cm³/mol. The number of rotatable bonds is 3. The Kier molecular flexibility index (Phi) is 4.19. The van der Waals surface area contributed by atoms with Gasteiger partial charge in [0.05, 0.1) is 16.9 Å². The Hall–Kier alpha value is -1.11. The van der Waals surface area contributed by atoms with Crippen molar-refractivity contribution in [3.63, 3.8) is 0 Å². The molecule has 1 aromatic heterocycles. The van der Waals surface area contributed by atoms with Gasteiger partial charge in [-0.05, 0) is 24.3 Å². The maximum Gasteiger partial charge on any atom is 0.201 e. The molecule has 0 N–H and O–H groups in total. The zero-order chi connectivity index (χ0) is 15.0. The van der Waals surface area contributed by atoms with Crippen LogP contribution in [-0.4, -0.2) is 11.6 Å². The Balaban J connectivity index is 1.94. The van der Waals surface area contributed by atoms with Crippen molar-refractivity contribution in [3.05, 3.63) is 67.3 Å². The molecule has 106 valence electrons. The number of carbonyl (C=O) groups is 2. The molecule has 1 aliphatic rings. The Morgan fingerprint density at radius 3 is 2.43 bits per heavy atom. The van der Waals surface area contributed by atoms with Crippen molar-refractivity contribution >= 4 is 55.2 Å². The van der Waals surface area contributed by atoms with E-state index in [1.807, 2.05) is 6.07 Å². The lowest BCUT2D eigenvalue weighted by Gasteiger charge is -2.17. The van der Waals surface area contributed by atoms with Crippen LogP contribution in [0.4, 0.5) is 0 Å². The van der Waals surface area contributed by atoms with Crippen LogP contribution in [0.3, 0.4) is 0 Å². The molecule has 0 saturated carbocycles. The van der Waals surface area contributed by atoms with E-state index in [0.717, 1.165) is 5.76 Å². The molecular formula is C15H8Br2O3S. The predicted octanol–water partition coefficient (Wildman–Crippen LogP) is 5.00. The summed E-state index contributed by atoms with van der Waals surface area (Å²) >= 11 is 7.99. The lowest BCUT2D eigenvalue weighted by atomic mass is 9.95. The molecular weight excluding hydrogens is 420 g/mol. The molecule has 2 aromatic rings. The van der Waals surface area contributed by atoms with Gasteiger partial charge in [-0.3, -0.25) is 9.59 Å². The molecule has 0 fully saturated rings. The summed E-state index contributed by atoms with van der Waals surface area (Å²) in [5, 5.41) is 0. The summed E-state index contributed by atoms with van der Waals surface area (Å²) in [4.78, 5) is 25.3. The van der Waals surface area contributed by atoms with Crippen molar-refractivity contribution in [2.24, 2.45) is 0 Å². The van der Waals surface area contributed by atoms with Crippen LogP contribution in [0.2, 0.25) is 0 Å². The van der Waals surface area contributed by atoms with Gasteiger partial charge in [-0.2, -0.15) is 0 Å². The number of allylic oxidation sites excluding steroid dienone is 2. The van der Waals surface area contributed by atoms with Crippen molar-refractivity contribution in [3.8, 4) is 0 Å². The van der Waals surface area contributed by atoms with Gasteiger partial charge in [-0.1, -0.05) is 31.9 Å². The van der Waals surface area contributed by atoms with Crippen molar-refractivity contribution in [1.29, 1.82) is 0 Å². The minimum Gasteiger partial charge on any atom is -0.468 e. The summed E-state index contributed by atoms with van der Waals surface area (Å²) in [7, 11) is 0. The minimum atomic E-state index is -0.167. The molecule has 3 nitrogen and oxygen atoms in total. The number of hydrogen-bond acceptors (Lipinski definition) is 4. The third kappa shape index (κ3) is 2.80. The fourth-order valence-electron chi connectivity index (χ4n) is 2.05. The SMILES string of the molecule is O=C1C=C(SCc2ccco2)C(=O)c2c(Br)ccc(Br)c21. The Morgan fingerprint density at radius 2 is 1.76 bits per heavy atom. The molecule has 6 heteroatoms. The number of Topliss-reactive ketones (excluding diaryl/α,β-unsaturated/α-hetero) is 1. The van der Waals surface area contributed by atoms with Gasteiger partial charge in [0.25, 0.3) is 0 Å². The molecule has 0 amide bonds. The zero-order valence-corrected chi connectivity index (χ0v) is 14.5. The van der Waals surface area contributed by atoms with E-state index in [9.17, 15) is 9.59 Å². The van der Waals surface area contributed by atoms with E-state index in [4.69, 9.17) is 4.42 Å². The first-order valence-electron chi connectivity index (χ1n) is 6.02. The normalized spacial score (nSPS) is 14.1. The van der Waals surface area contributed by atoms with E-state index < -0.39 is 0 Å². The van der Waals surface area contributed by atoms with E-state index in [1.165, 1.54) is 17.8 Å². The monoisotopic (exact) mass is 426 g/mol. The van der Waals surface area contributed by atoms with Crippen molar-refractivity contribution in [1.82, 2.24) is 0 Å². The number of hydrogen-bond donors (Lipinski definition) is 0. The maximum atomic E-state index is 12.6. The van der Waals surface area contributed by atoms with E-state index >= 15 is 0 Å². The molecule has 1 aliphatic carbocycles. The van der Waals surface area contributed by atoms with Crippen LogP contribution in [0.5, 0.6) is 0 Å². The third-order valence-electron chi connectivity index (χ3n) is 3.01. The van der Waals surface area contributed by atoms with Gasteiger partial charge in [0.15, 0.2) is 5.78 Å². The van der Waals surface area contributed by atoms with E-state index in [1.54, 1.807) is 24.5 Å². The summed E-state index contributed by atoms with van der Waals surface area (Å²) < 4.78 is 6.50. The summed E-state index contributed by atoms with van der Waals surface area (Å²) in [6, 6.07) is 7.14. The van der Waals surface area contributed by atoms with Gasteiger partial charge in [-0.25, -0.2) is 0 Å². The van der Waals surface area contributed by atoms with Crippen LogP contribution < -0.4 is 0 Å². The number of thioether (sulfide) groups is 1. The highest BCUT2D eigenvalue weighted by molar-refractivity contribution is 9.11. The lowest BCUT2D eigenvalue weighted by molar-refractivity contribution is 0.0990. The van der Waals surface area contributed by atoms with Crippen molar-refractivity contribution < 1.29 is 14.0 Å². The first kappa shape index (κ1) is 14.8.